The first-order valence-corrected chi connectivity index (χ1v) is 6.51. The van der Waals surface area contributed by atoms with Gasteiger partial charge in [0, 0.05) is 30.1 Å². The molecule has 0 aliphatic carbocycles. The van der Waals surface area contributed by atoms with Crippen molar-refractivity contribution in [2.75, 3.05) is 11.1 Å². The van der Waals surface area contributed by atoms with Crippen LogP contribution in [0, 0.1) is 0 Å². The number of hydrogen-bond donors (Lipinski definition) is 3. The van der Waals surface area contributed by atoms with Crippen LogP contribution in [0.25, 0.3) is 0 Å². The third-order valence-electron chi connectivity index (χ3n) is 3.03. The molecule has 112 valence electrons. The number of nitrogen functional groups attached to an aromatic ring is 1. The smallest absolute Gasteiger partial charge is 0.230 e. The van der Waals surface area contributed by atoms with Gasteiger partial charge < -0.3 is 29.2 Å². The Hall–Kier alpha value is -2.11. The van der Waals surface area contributed by atoms with Crippen molar-refractivity contribution in [3.05, 3.63) is 54.4 Å². The summed E-state index contributed by atoms with van der Waals surface area (Å²) in [6, 6.07) is 11.2. The zero-order valence-corrected chi connectivity index (χ0v) is 12.4. The van der Waals surface area contributed by atoms with Gasteiger partial charge in [-0.15, -0.1) is 0 Å². The molecular weight excluding hydrogens is 288 g/mol. The van der Waals surface area contributed by atoms with Gasteiger partial charge in [-0.3, -0.25) is 4.79 Å². The average molecular weight is 307 g/mol. The molecule has 1 aromatic heterocycles. The minimum atomic E-state index is -0.0322. The molecule has 1 aromatic carbocycles. The molecule has 2 rings (SSSR count). The molecule has 6 heteroatoms. The largest absolute Gasteiger partial charge is 1.00 e. The Labute approximate surface area is 130 Å². The molecule has 0 atom stereocenters. The van der Waals surface area contributed by atoms with Crippen molar-refractivity contribution in [1.29, 1.82) is 0 Å². The van der Waals surface area contributed by atoms with Crippen molar-refractivity contribution in [3.63, 3.8) is 0 Å². The Morgan fingerprint density at radius 1 is 1.14 bits per heavy atom. The van der Waals surface area contributed by atoms with Crippen molar-refractivity contribution in [3.8, 4) is 0 Å². The summed E-state index contributed by atoms with van der Waals surface area (Å²) in [5.41, 5.74) is 13.7. The van der Waals surface area contributed by atoms with Crippen molar-refractivity contribution in [2.45, 2.75) is 19.5 Å². The Morgan fingerprint density at radius 3 is 2.48 bits per heavy atom. The standard InChI is InChI=1S/C15H18N4O.ClH/c16-11-12-3-1-2-4-14(12)18-15(20)7-10-19-8-5-13(17)6-9-19;/h1-6,8-9,17H,7,10-11,16H2,(H,18,20);1H. The number of benzene rings is 1. The number of carbonyl (C=O) groups is 1. The Bertz CT molecular complexity index is 586. The summed E-state index contributed by atoms with van der Waals surface area (Å²) in [6.07, 6.45) is 4.11. The Balaban J connectivity index is 0.00000220. The molecule has 21 heavy (non-hydrogen) atoms. The maximum Gasteiger partial charge on any atom is 0.230 e. The van der Waals surface area contributed by atoms with E-state index in [9.17, 15) is 4.79 Å². The first kappa shape index (κ1) is 16.9. The molecule has 5 N–H and O–H groups in total. The van der Waals surface area contributed by atoms with Gasteiger partial charge in [0.25, 0.3) is 0 Å². The predicted molar refractivity (Wildman–Crippen MR) is 78.6 cm³/mol. The summed E-state index contributed by atoms with van der Waals surface area (Å²) in [5, 5.41) is 2.89. The fourth-order valence-corrected chi connectivity index (χ4v) is 1.88. The number of pyridine rings is 1. The lowest BCUT2D eigenvalue weighted by Gasteiger charge is -2.08. The number of para-hydroxylation sites is 1. The minimum absolute atomic E-state index is 0. The number of aromatic nitrogens is 1. The van der Waals surface area contributed by atoms with Gasteiger partial charge in [-0.25, -0.2) is 4.57 Å². The second-order valence-corrected chi connectivity index (χ2v) is 4.53. The fraction of sp³-hybridized carbons (Fsp3) is 0.200. The molecule has 0 unspecified atom stereocenters. The number of aryl methyl sites for hydroxylation is 1. The van der Waals surface area contributed by atoms with Gasteiger partial charge in [0.2, 0.25) is 5.91 Å². The molecule has 0 aliphatic rings. The number of hydrogen-bond acceptors (Lipinski definition) is 3. The van der Waals surface area contributed by atoms with Crippen LogP contribution < -0.4 is 33.8 Å². The molecule has 0 saturated carbocycles. The van der Waals surface area contributed by atoms with Crippen LogP contribution in [0.1, 0.15) is 12.0 Å². The number of nitrogens with two attached hydrogens (primary N) is 2. The topological polar surface area (TPSA) is 85.0 Å². The zero-order valence-electron chi connectivity index (χ0n) is 11.6. The summed E-state index contributed by atoms with van der Waals surface area (Å²) in [5.74, 6) is -0.0322. The molecule has 1 heterocycles. The second kappa shape index (κ2) is 8.24. The fourth-order valence-electron chi connectivity index (χ4n) is 1.88. The molecule has 0 spiro atoms. The summed E-state index contributed by atoms with van der Waals surface area (Å²) in [7, 11) is 0. The molecule has 0 fully saturated rings. The lowest BCUT2D eigenvalue weighted by atomic mass is 10.2. The molecule has 0 saturated heterocycles. The minimum Gasteiger partial charge on any atom is -1.00 e. The maximum absolute atomic E-state index is 11.9. The van der Waals surface area contributed by atoms with Gasteiger partial charge >= 0.3 is 0 Å². The second-order valence-electron chi connectivity index (χ2n) is 4.53. The van der Waals surface area contributed by atoms with Gasteiger partial charge in [0.05, 0.1) is 6.42 Å². The van der Waals surface area contributed by atoms with Crippen LogP contribution in [0.2, 0.25) is 0 Å². The zero-order chi connectivity index (χ0) is 14.4. The lowest BCUT2D eigenvalue weighted by Crippen LogP contribution is -3.00. The Kier molecular flexibility index (Phi) is 6.65. The van der Waals surface area contributed by atoms with Gasteiger partial charge in [-0.1, -0.05) is 18.2 Å². The van der Waals surface area contributed by atoms with Gasteiger partial charge in [-0.2, -0.15) is 0 Å². The number of anilines is 2. The number of carbonyl (C=O) groups excluding carboxylic acids is 1. The summed E-state index contributed by atoms with van der Waals surface area (Å²) in [4.78, 5) is 11.9. The summed E-state index contributed by atoms with van der Waals surface area (Å²) >= 11 is 0. The van der Waals surface area contributed by atoms with Crippen LogP contribution in [0.5, 0.6) is 0 Å². The average Bonchev–Trinajstić information content (AvgIpc) is 2.47. The third-order valence-corrected chi connectivity index (χ3v) is 3.03. The molecular formula is C15H19ClN4O. The van der Waals surface area contributed by atoms with Crippen molar-refractivity contribution < 1.29 is 21.8 Å². The van der Waals surface area contributed by atoms with E-state index >= 15 is 0 Å². The molecule has 0 aliphatic heterocycles. The maximum atomic E-state index is 11.9. The number of nitrogens with zero attached hydrogens (tertiary/aromatic N) is 1. The first-order chi connectivity index (χ1) is 9.69. The quantitative estimate of drug-likeness (QED) is 0.561. The number of amides is 1. The summed E-state index contributed by atoms with van der Waals surface area (Å²) in [6.45, 7) is 1.01. The van der Waals surface area contributed by atoms with Crippen LogP contribution in [-0.2, 0) is 17.9 Å². The van der Waals surface area contributed by atoms with E-state index in [1.165, 1.54) is 0 Å². The molecule has 5 nitrogen and oxygen atoms in total. The molecule has 1 amide bonds. The van der Waals surface area contributed by atoms with Crippen LogP contribution in [0.15, 0.2) is 48.8 Å². The number of rotatable bonds is 5. The lowest BCUT2D eigenvalue weighted by molar-refractivity contribution is -0.695. The highest BCUT2D eigenvalue weighted by atomic mass is 35.5. The first-order valence-electron chi connectivity index (χ1n) is 6.51. The van der Waals surface area contributed by atoms with E-state index in [0.29, 0.717) is 25.2 Å². The van der Waals surface area contributed by atoms with Crippen LogP contribution in [0.4, 0.5) is 11.4 Å². The normalized spacial score (nSPS) is 9.76. The SMILES string of the molecule is NCc1ccccc1NC(=O)CC[n+]1ccc(N)cc1.[Cl-]. The summed E-state index contributed by atoms with van der Waals surface area (Å²) < 4.78 is 1.92. The van der Waals surface area contributed by atoms with Crippen LogP contribution >= 0.6 is 0 Å². The van der Waals surface area contributed by atoms with Crippen molar-refractivity contribution in [1.82, 2.24) is 0 Å². The highest BCUT2D eigenvalue weighted by molar-refractivity contribution is 5.91. The van der Waals surface area contributed by atoms with E-state index in [0.717, 1.165) is 11.3 Å². The molecule has 0 radical (unpaired) electrons. The third kappa shape index (κ3) is 5.06. The number of halogens is 1. The van der Waals surface area contributed by atoms with E-state index in [-0.39, 0.29) is 18.3 Å². The van der Waals surface area contributed by atoms with Crippen molar-refractivity contribution in [2.24, 2.45) is 5.73 Å². The van der Waals surface area contributed by atoms with Crippen LogP contribution in [0.3, 0.4) is 0 Å². The van der Waals surface area contributed by atoms with Gasteiger partial charge in [-0.05, 0) is 11.6 Å². The van der Waals surface area contributed by atoms with Gasteiger partial charge in [0.15, 0.2) is 18.9 Å². The Morgan fingerprint density at radius 2 is 1.81 bits per heavy atom. The molecule has 2 aromatic rings. The van der Waals surface area contributed by atoms with Crippen LogP contribution in [-0.4, -0.2) is 5.91 Å². The highest BCUT2D eigenvalue weighted by Gasteiger charge is 2.08. The van der Waals surface area contributed by atoms with E-state index in [4.69, 9.17) is 11.5 Å². The van der Waals surface area contributed by atoms with Gasteiger partial charge in [0.1, 0.15) is 0 Å². The predicted octanol–water partition coefficient (Wildman–Crippen LogP) is -1.95. The van der Waals surface area contributed by atoms with E-state index in [1.54, 1.807) is 0 Å². The van der Waals surface area contributed by atoms with E-state index in [2.05, 4.69) is 5.32 Å². The van der Waals surface area contributed by atoms with E-state index in [1.807, 2.05) is 53.4 Å². The van der Waals surface area contributed by atoms with Crippen molar-refractivity contribution >= 4 is 17.3 Å². The number of nitrogens with one attached hydrogen (secondary N) is 1. The van der Waals surface area contributed by atoms with E-state index < -0.39 is 0 Å². The highest BCUT2D eigenvalue weighted by Crippen LogP contribution is 2.14. The monoisotopic (exact) mass is 306 g/mol. The molecule has 0 bridgehead atoms.